The topological polar surface area (TPSA) is 47.8 Å². The standard InChI is InChI=1S/C21H21N3OS/c1-4-14-24-20(18-8-6-5-7-9-18)22-23-21(24)26-16(3)19(25)17-12-10-15(2)11-13-17/h4-13,16H,1,14H2,2-3H3/t16-/m1/s1. The third-order valence-electron chi connectivity index (χ3n) is 4.05. The van der Waals surface area contributed by atoms with E-state index in [1.807, 2.05) is 79.1 Å². The van der Waals surface area contributed by atoms with Crippen molar-refractivity contribution in [2.24, 2.45) is 0 Å². The molecule has 0 aliphatic heterocycles. The third-order valence-corrected chi connectivity index (χ3v) is 5.13. The molecule has 4 nitrogen and oxygen atoms in total. The van der Waals surface area contributed by atoms with Gasteiger partial charge < -0.3 is 0 Å². The molecule has 1 aromatic heterocycles. The maximum Gasteiger partial charge on any atom is 0.192 e. The number of aryl methyl sites for hydroxylation is 1. The smallest absolute Gasteiger partial charge is 0.192 e. The fourth-order valence-electron chi connectivity index (χ4n) is 2.63. The van der Waals surface area contributed by atoms with Crippen molar-refractivity contribution in [1.29, 1.82) is 0 Å². The van der Waals surface area contributed by atoms with Crippen LogP contribution >= 0.6 is 11.8 Å². The lowest BCUT2D eigenvalue weighted by Gasteiger charge is -2.12. The van der Waals surface area contributed by atoms with Crippen LogP contribution in [0, 0.1) is 6.92 Å². The average molecular weight is 363 g/mol. The second kappa shape index (κ2) is 8.15. The van der Waals surface area contributed by atoms with Gasteiger partial charge in [0.25, 0.3) is 0 Å². The van der Waals surface area contributed by atoms with Crippen LogP contribution < -0.4 is 0 Å². The van der Waals surface area contributed by atoms with Crippen LogP contribution in [-0.2, 0) is 6.54 Å². The van der Waals surface area contributed by atoms with E-state index in [-0.39, 0.29) is 11.0 Å². The first-order valence-electron chi connectivity index (χ1n) is 8.47. The first-order chi connectivity index (χ1) is 12.6. The molecular weight excluding hydrogens is 342 g/mol. The Bertz CT molecular complexity index is 901. The summed E-state index contributed by atoms with van der Waals surface area (Å²) in [6.07, 6.45) is 1.81. The fraction of sp³-hybridized carbons (Fsp3) is 0.190. The normalized spacial score (nSPS) is 11.9. The number of nitrogens with zero attached hydrogens (tertiary/aromatic N) is 3. The number of Topliss-reactive ketones (excluding diaryl/α,β-unsaturated/α-hetero) is 1. The lowest BCUT2D eigenvalue weighted by molar-refractivity contribution is 0.0994. The second-order valence-corrected chi connectivity index (χ2v) is 7.37. The number of hydrogen-bond donors (Lipinski definition) is 0. The third kappa shape index (κ3) is 3.94. The number of carbonyl (C=O) groups is 1. The summed E-state index contributed by atoms with van der Waals surface area (Å²) >= 11 is 1.42. The van der Waals surface area contributed by atoms with Gasteiger partial charge in [0.2, 0.25) is 0 Å². The Hall–Kier alpha value is -2.66. The van der Waals surface area contributed by atoms with Gasteiger partial charge in [0.1, 0.15) is 0 Å². The predicted octanol–water partition coefficient (Wildman–Crippen LogP) is 4.80. The number of aromatic nitrogens is 3. The summed E-state index contributed by atoms with van der Waals surface area (Å²) in [6, 6.07) is 17.6. The molecule has 1 atom stereocenters. The maximum atomic E-state index is 12.7. The first kappa shape index (κ1) is 18.1. The maximum absolute atomic E-state index is 12.7. The van der Waals surface area contributed by atoms with E-state index in [1.165, 1.54) is 11.8 Å². The largest absolute Gasteiger partial charge is 0.298 e. The number of thioether (sulfide) groups is 1. The molecule has 0 amide bonds. The van der Waals surface area contributed by atoms with Crippen molar-refractivity contribution in [3.05, 3.63) is 78.4 Å². The molecule has 0 aliphatic carbocycles. The average Bonchev–Trinajstić information content (AvgIpc) is 3.05. The van der Waals surface area contributed by atoms with Crippen LogP contribution in [0.15, 0.2) is 72.4 Å². The number of carbonyl (C=O) groups excluding carboxylic acids is 1. The van der Waals surface area contributed by atoms with E-state index < -0.39 is 0 Å². The zero-order valence-corrected chi connectivity index (χ0v) is 15.7. The zero-order valence-electron chi connectivity index (χ0n) is 14.9. The lowest BCUT2D eigenvalue weighted by atomic mass is 10.1. The molecule has 26 heavy (non-hydrogen) atoms. The van der Waals surface area contributed by atoms with Crippen LogP contribution in [0.3, 0.4) is 0 Å². The van der Waals surface area contributed by atoms with Crippen molar-refractivity contribution in [2.45, 2.75) is 30.8 Å². The van der Waals surface area contributed by atoms with Crippen LogP contribution in [0.5, 0.6) is 0 Å². The summed E-state index contributed by atoms with van der Waals surface area (Å²) in [6.45, 7) is 8.33. The molecule has 0 radical (unpaired) electrons. The second-order valence-electron chi connectivity index (χ2n) is 6.06. The van der Waals surface area contributed by atoms with Crippen molar-refractivity contribution >= 4 is 17.5 Å². The van der Waals surface area contributed by atoms with E-state index in [2.05, 4.69) is 16.8 Å². The van der Waals surface area contributed by atoms with Crippen LogP contribution in [0.1, 0.15) is 22.8 Å². The Morgan fingerprint density at radius 2 is 1.85 bits per heavy atom. The highest BCUT2D eigenvalue weighted by molar-refractivity contribution is 8.00. The molecule has 5 heteroatoms. The summed E-state index contributed by atoms with van der Waals surface area (Å²) in [4.78, 5) is 12.7. The van der Waals surface area contributed by atoms with Gasteiger partial charge in [-0.25, -0.2) is 0 Å². The van der Waals surface area contributed by atoms with E-state index in [0.717, 1.165) is 22.1 Å². The van der Waals surface area contributed by atoms with Gasteiger partial charge in [0, 0.05) is 17.7 Å². The van der Waals surface area contributed by atoms with Crippen LogP contribution in [-0.4, -0.2) is 25.8 Å². The van der Waals surface area contributed by atoms with Gasteiger partial charge in [0.15, 0.2) is 16.8 Å². The Labute approximate surface area is 158 Å². The molecule has 1 heterocycles. The van der Waals surface area contributed by atoms with E-state index >= 15 is 0 Å². The number of allylic oxidation sites excluding steroid dienone is 1. The highest BCUT2D eigenvalue weighted by atomic mass is 32.2. The summed E-state index contributed by atoms with van der Waals surface area (Å²) in [5.74, 6) is 0.868. The molecule has 0 N–H and O–H groups in total. The predicted molar refractivity (Wildman–Crippen MR) is 106 cm³/mol. The highest BCUT2D eigenvalue weighted by Crippen LogP contribution is 2.28. The van der Waals surface area contributed by atoms with Gasteiger partial charge in [0.05, 0.1) is 5.25 Å². The van der Waals surface area contributed by atoms with Gasteiger partial charge in [-0.05, 0) is 13.8 Å². The highest BCUT2D eigenvalue weighted by Gasteiger charge is 2.21. The van der Waals surface area contributed by atoms with Gasteiger partial charge in [-0.1, -0.05) is 78.0 Å². The molecule has 0 saturated carbocycles. The minimum Gasteiger partial charge on any atom is -0.298 e. The van der Waals surface area contributed by atoms with E-state index in [1.54, 1.807) is 0 Å². The van der Waals surface area contributed by atoms with Crippen molar-refractivity contribution < 1.29 is 4.79 Å². The summed E-state index contributed by atoms with van der Waals surface area (Å²) < 4.78 is 1.99. The quantitative estimate of drug-likeness (QED) is 0.344. The van der Waals surface area contributed by atoms with E-state index in [4.69, 9.17) is 0 Å². The molecule has 0 aliphatic rings. The number of benzene rings is 2. The molecule has 3 aromatic rings. The molecular formula is C21H21N3OS. The number of rotatable bonds is 7. The number of hydrogen-bond acceptors (Lipinski definition) is 4. The van der Waals surface area contributed by atoms with E-state index in [9.17, 15) is 4.79 Å². The molecule has 3 rings (SSSR count). The lowest BCUT2D eigenvalue weighted by Crippen LogP contribution is -2.14. The van der Waals surface area contributed by atoms with Crippen molar-refractivity contribution in [1.82, 2.24) is 14.8 Å². The fourth-order valence-corrected chi connectivity index (χ4v) is 3.57. The molecule has 132 valence electrons. The first-order valence-corrected chi connectivity index (χ1v) is 9.35. The zero-order chi connectivity index (χ0) is 18.5. The molecule has 0 fully saturated rings. The monoisotopic (exact) mass is 363 g/mol. The van der Waals surface area contributed by atoms with Crippen molar-refractivity contribution in [2.75, 3.05) is 0 Å². The SMILES string of the molecule is C=CCn1c(S[C@H](C)C(=O)c2ccc(C)cc2)nnc1-c1ccccc1. The Balaban J connectivity index is 1.85. The van der Waals surface area contributed by atoms with Crippen LogP contribution in [0.25, 0.3) is 11.4 Å². The Kier molecular flexibility index (Phi) is 5.68. The van der Waals surface area contributed by atoms with Crippen molar-refractivity contribution in [3.8, 4) is 11.4 Å². The molecule has 0 unspecified atom stereocenters. The van der Waals surface area contributed by atoms with Gasteiger partial charge >= 0.3 is 0 Å². The molecule has 0 spiro atoms. The van der Waals surface area contributed by atoms with Gasteiger partial charge in [-0.2, -0.15) is 0 Å². The van der Waals surface area contributed by atoms with Crippen LogP contribution in [0.2, 0.25) is 0 Å². The summed E-state index contributed by atoms with van der Waals surface area (Å²) in [5.41, 5.74) is 2.85. The molecule has 0 bridgehead atoms. The molecule has 0 saturated heterocycles. The number of ketones is 1. The Morgan fingerprint density at radius 3 is 2.50 bits per heavy atom. The minimum atomic E-state index is -0.255. The minimum absolute atomic E-state index is 0.0874. The summed E-state index contributed by atoms with van der Waals surface area (Å²) in [5, 5.41) is 9.12. The Morgan fingerprint density at radius 1 is 1.15 bits per heavy atom. The van der Waals surface area contributed by atoms with E-state index in [0.29, 0.717) is 12.1 Å². The summed E-state index contributed by atoms with van der Waals surface area (Å²) in [7, 11) is 0. The van der Waals surface area contributed by atoms with Gasteiger partial charge in [-0.15, -0.1) is 16.8 Å². The van der Waals surface area contributed by atoms with Gasteiger partial charge in [-0.3, -0.25) is 9.36 Å². The molecule has 2 aromatic carbocycles. The van der Waals surface area contributed by atoms with Crippen molar-refractivity contribution in [3.63, 3.8) is 0 Å². The van der Waals surface area contributed by atoms with Crippen LogP contribution in [0.4, 0.5) is 0 Å².